The van der Waals surface area contributed by atoms with Crippen molar-refractivity contribution in [2.24, 2.45) is 0 Å². The highest BCUT2D eigenvalue weighted by Gasteiger charge is 2.20. The largest absolute Gasteiger partial charge is 0.340 e. The maximum atomic E-state index is 12.1. The van der Waals surface area contributed by atoms with Crippen molar-refractivity contribution in [1.29, 1.82) is 0 Å². The summed E-state index contributed by atoms with van der Waals surface area (Å²) in [6, 6.07) is 1.14. The van der Waals surface area contributed by atoms with Crippen LogP contribution in [0.4, 0.5) is 5.69 Å². The van der Waals surface area contributed by atoms with E-state index in [0.717, 1.165) is 12.3 Å². The normalized spacial score (nSPS) is 10.6. The van der Waals surface area contributed by atoms with Crippen molar-refractivity contribution >= 4 is 23.2 Å². The van der Waals surface area contributed by atoms with Gasteiger partial charge in [-0.25, -0.2) is 4.98 Å². The average molecular weight is 287 g/mol. The molecule has 0 atom stereocenters. The third-order valence-corrected chi connectivity index (χ3v) is 2.80. The van der Waals surface area contributed by atoms with Crippen molar-refractivity contribution < 1.29 is 9.72 Å². The Morgan fingerprint density at radius 3 is 2.58 bits per heavy atom. The minimum Gasteiger partial charge on any atom is -0.340 e. The van der Waals surface area contributed by atoms with Gasteiger partial charge in [0.2, 0.25) is 0 Å². The molecule has 1 rings (SSSR count). The molecule has 8 heteroatoms. The molecule has 0 spiro atoms. The second-order valence-corrected chi connectivity index (χ2v) is 4.68. The smallest absolute Gasteiger partial charge is 0.288 e. The van der Waals surface area contributed by atoms with Crippen LogP contribution in [0.5, 0.6) is 0 Å². The van der Waals surface area contributed by atoms with E-state index in [1.807, 2.05) is 19.0 Å². The van der Waals surface area contributed by atoms with Crippen LogP contribution in [0, 0.1) is 10.1 Å². The number of nitro groups is 1. The van der Waals surface area contributed by atoms with Gasteiger partial charge in [0.25, 0.3) is 11.6 Å². The second-order valence-electron chi connectivity index (χ2n) is 4.32. The first-order valence-electron chi connectivity index (χ1n) is 5.53. The third kappa shape index (κ3) is 4.15. The molecule has 7 nitrogen and oxygen atoms in total. The van der Waals surface area contributed by atoms with Crippen LogP contribution in [0.1, 0.15) is 10.4 Å². The molecule has 1 heterocycles. The summed E-state index contributed by atoms with van der Waals surface area (Å²) in [5.41, 5.74) is -0.217. The van der Waals surface area contributed by atoms with Gasteiger partial charge in [-0.05, 0) is 14.1 Å². The Morgan fingerprint density at radius 2 is 2.05 bits per heavy atom. The lowest BCUT2D eigenvalue weighted by Gasteiger charge is -2.19. The van der Waals surface area contributed by atoms with E-state index in [1.165, 1.54) is 4.90 Å². The summed E-state index contributed by atoms with van der Waals surface area (Å²) >= 11 is 5.81. The molecule has 0 aliphatic heterocycles. The van der Waals surface area contributed by atoms with Gasteiger partial charge in [0.1, 0.15) is 11.3 Å². The first-order chi connectivity index (χ1) is 8.82. The number of hydrogen-bond acceptors (Lipinski definition) is 5. The minimum atomic E-state index is -0.611. The number of pyridine rings is 1. The van der Waals surface area contributed by atoms with E-state index in [2.05, 4.69) is 4.98 Å². The molecular formula is C11H15ClN4O3. The molecule has 0 saturated carbocycles. The van der Waals surface area contributed by atoms with E-state index in [1.54, 1.807) is 7.05 Å². The summed E-state index contributed by atoms with van der Waals surface area (Å²) < 4.78 is 0. The van der Waals surface area contributed by atoms with Crippen LogP contribution in [-0.4, -0.2) is 59.8 Å². The molecule has 0 bridgehead atoms. The van der Waals surface area contributed by atoms with Crippen molar-refractivity contribution in [1.82, 2.24) is 14.8 Å². The summed E-state index contributed by atoms with van der Waals surface area (Å²) in [5.74, 6) is -0.386. The van der Waals surface area contributed by atoms with E-state index in [-0.39, 0.29) is 22.3 Å². The monoisotopic (exact) mass is 286 g/mol. The van der Waals surface area contributed by atoms with Gasteiger partial charge in [-0.3, -0.25) is 14.9 Å². The molecule has 0 aliphatic rings. The molecule has 1 amide bonds. The predicted octanol–water partition coefficient (Wildman–Crippen LogP) is 1.28. The van der Waals surface area contributed by atoms with Gasteiger partial charge in [0, 0.05) is 26.2 Å². The molecule has 1 aromatic heterocycles. The van der Waals surface area contributed by atoms with Gasteiger partial charge >= 0.3 is 0 Å². The Kier molecular flexibility index (Phi) is 5.20. The maximum absolute atomic E-state index is 12.1. The fraction of sp³-hybridized carbons (Fsp3) is 0.455. The number of carbonyl (C=O) groups excluding carboxylic acids is 1. The van der Waals surface area contributed by atoms with Crippen molar-refractivity contribution in [3.63, 3.8) is 0 Å². The molecule has 104 valence electrons. The first kappa shape index (κ1) is 15.3. The third-order valence-electron chi connectivity index (χ3n) is 2.50. The molecule has 0 radical (unpaired) electrons. The Bertz CT molecular complexity index is 493. The van der Waals surface area contributed by atoms with Gasteiger partial charge in [0.05, 0.1) is 10.5 Å². The SMILES string of the molecule is CN(C)CCN(C)C(=O)c1cc([N+](=O)[O-])cnc1Cl. The topological polar surface area (TPSA) is 79.6 Å². The Labute approximate surface area is 115 Å². The lowest BCUT2D eigenvalue weighted by Crippen LogP contribution is -2.33. The Hall–Kier alpha value is -1.73. The van der Waals surface area contributed by atoms with E-state index in [0.29, 0.717) is 13.1 Å². The molecule has 0 saturated heterocycles. The lowest BCUT2D eigenvalue weighted by molar-refractivity contribution is -0.385. The highest BCUT2D eigenvalue weighted by atomic mass is 35.5. The van der Waals surface area contributed by atoms with Crippen LogP contribution in [0.2, 0.25) is 5.15 Å². The molecular weight excluding hydrogens is 272 g/mol. The fourth-order valence-corrected chi connectivity index (χ4v) is 1.53. The van der Waals surface area contributed by atoms with E-state index >= 15 is 0 Å². The zero-order valence-corrected chi connectivity index (χ0v) is 11.7. The number of amides is 1. The summed E-state index contributed by atoms with van der Waals surface area (Å²) in [4.78, 5) is 29.2. The molecule has 0 aromatic carbocycles. The lowest BCUT2D eigenvalue weighted by atomic mass is 10.2. The minimum absolute atomic E-state index is 0.0349. The first-order valence-corrected chi connectivity index (χ1v) is 5.91. The zero-order valence-electron chi connectivity index (χ0n) is 11.0. The van der Waals surface area contributed by atoms with Crippen LogP contribution in [0.3, 0.4) is 0 Å². The number of carbonyl (C=O) groups is 1. The van der Waals surface area contributed by atoms with Crippen molar-refractivity contribution in [2.75, 3.05) is 34.2 Å². The summed E-state index contributed by atoms with van der Waals surface area (Å²) in [6.07, 6.45) is 1.03. The molecule has 0 aliphatic carbocycles. The Morgan fingerprint density at radius 1 is 1.42 bits per heavy atom. The molecule has 1 aromatic rings. The number of likely N-dealkylation sites (N-methyl/N-ethyl adjacent to an activating group) is 2. The summed E-state index contributed by atoms with van der Waals surface area (Å²) in [7, 11) is 5.39. The van der Waals surface area contributed by atoms with Gasteiger partial charge in [0.15, 0.2) is 0 Å². The number of nitrogens with zero attached hydrogens (tertiary/aromatic N) is 4. The van der Waals surface area contributed by atoms with E-state index < -0.39 is 4.92 Å². The highest BCUT2D eigenvalue weighted by molar-refractivity contribution is 6.32. The van der Waals surface area contributed by atoms with Crippen molar-refractivity contribution in [3.05, 3.63) is 33.1 Å². The standard InChI is InChI=1S/C11H15ClN4O3/c1-14(2)4-5-15(3)11(17)9-6-8(16(18)19)7-13-10(9)12/h6-7H,4-5H2,1-3H3. The number of hydrogen-bond donors (Lipinski definition) is 0. The summed E-state index contributed by atoms with van der Waals surface area (Å²) in [6.45, 7) is 1.17. The number of rotatable bonds is 5. The molecule has 0 N–H and O–H groups in total. The fourth-order valence-electron chi connectivity index (χ4n) is 1.34. The van der Waals surface area contributed by atoms with Gasteiger partial charge < -0.3 is 9.80 Å². The van der Waals surface area contributed by atoms with Gasteiger partial charge in [-0.15, -0.1) is 0 Å². The molecule has 0 fully saturated rings. The predicted molar refractivity (Wildman–Crippen MR) is 71.4 cm³/mol. The van der Waals surface area contributed by atoms with E-state index in [9.17, 15) is 14.9 Å². The van der Waals surface area contributed by atoms with Crippen molar-refractivity contribution in [2.45, 2.75) is 0 Å². The van der Waals surface area contributed by atoms with Gasteiger partial charge in [-0.2, -0.15) is 0 Å². The highest BCUT2D eigenvalue weighted by Crippen LogP contribution is 2.20. The summed E-state index contributed by atoms with van der Waals surface area (Å²) in [5, 5.41) is 10.6. The van der Waals surface area contributed by atoms with E-state index in [4.69, 9.17) is 11.6 Å². The van der Waals surface area contributed by atoms with Crippen LogP contribution in [0.15, 0.2) is 12.3 Å². The van der Waals surface area contributed by atoms with Crippen LogP contribution in [-0.2, 0) is 0 Å². The molecule has 0 unspecified atom stereocenters. The van der Waals surface area contributed by atoms with Crippen LogP contribution in [0.25, 0.3) is 0 Å². The average Bonchev–Trinajstić information content (AvgIpc) is 2.35. The molecule has 19 heavy (non-hydrogen) atoms. The van der Waals surface area contributed by atoms with Gasteiger partial charge in [-0.1, -0.05) is 11.6 Å². The number of aromatic nitrogens is 1. The second kappa shape index (κ2) is 6.44. The number of halogens is 1. The van der Waals surface area contributed by atoms with Crippen molar-refractivity contribution in [3.8, 4) is 0 Å². The Balaban J connectivity index is 2.92. The zero-order chi connectivity index (χ0) is 14.6. The maximum Gasteiger partial charge on any atom is 0.288 e. The quantitative estimate of drug-likeness (QED) is 0.463. The van der Waals surface area contributed by atoms with Crippen LogP contribution < -0.4 is 0 Å². The van der Waals surface area contributed by atoms with Crippen LogP contribution >= 0.6 is 11.6 Å².